The Morgan fingerprint density at radius 2 is 2.04 bits per heavy atom. The second-order valence-electron chi connectivity index (χ2n) is 6.30. The Bertz CT molecular complexity index is 732. The summed E-state index contributed by atoms with van der Waals surface area (Å²) in [5.74, 6) is -0.379. The van der Waals surface area contributed by atoms with Crippen LogP contribution in [0.25, 0.3) is 5.69 Å². The first-order valence-corrected chi connectivity index (χ1v) is 7.71. The van der Waals surface area contributed by atoms with Crippen molar-refractivity contribution in [1.82, 2.24) is 25.5 Å². The van der Waals surface area contributed by atoms with E-state index in [1.54, 1.807) is 17.0 Å². The van der Waals surface area contributed by atoms with E-state index in [2.05, 4.69) is 20.8 Å². The molecule has 2 aliphatic rings. The summed E-state index contributed by atoms with van der Waals surface area (Å²) < 4.78 is 15.6. The molecule has 2 aliphatic heterocycles. The summed E-state index contributed by atoms with van der Waals surface area (Å²) >= 11 is 0. The van der Waals surface area contributed by atoms with E-state index in [4.69, 9.17) is 0 Å². The monoisotopic (exact) mass is 352 g/mol. The number of rotatable bonds is 2. The molecule has 2 aromatic rings. The summed E-state index contributed by atoms with van der Waals surface area (Å²) in [4.78, 5) is 14.1. The van der Waals surface area contributed by atoms with E-state index in [0.717, 1.165) is 25.9 Å². The van der Waals surface area contributed by atoms with Crippen LogP contribution < -0.4 is 10.2 Å². The molecule has 128 valence electrons. The highest BCUT2D eigenvalue weighted by molar-refractivity contribution is 5.96. The van der Waals surface area contributed by atoms with Crippen LogP contribution in [0.3, 0.4) is 0 Å². The molecule has 4 rings (SSSR count). The number of aromatic nitrogens is 4. The third kappa shape index (κ3) is 2.87. The topological polar surface area (TPSA) is 75.9 Å². The molecule has 1 aromatic carbocycles. The highest BCUT2D eigenvalue weighted by atomic mass is 35.5. The number of benzene rings is 1. The zero-order valence-corrected chi connectivity index (χ0v) is 13.8. The maximum Gasteiger partial charge on any atom is 0.227 e. The fourth-order valence-corrected chi connectivity index (χ4v) is 3.54. The zero-order valence-electron chi connectivity index (χ0n) is 13.0. The molecule has 2 fully saturated rings. The summed E-state index contributed by atoms with van der Waals surface area (Å²) in [6.45, 7) is 2.54. The number of hydrogen-bond donors (Lipinski definition) is 1. The van der Waals surface area contributed by atoms with Crippen molar-refractivity contribution in [2.75, 3.05) is 24.5 Å². The van der Waals surface area contributed by atoms with Gasteiger partial charge in [0.15, 0.2) is 5.82 Å². The molecule has 1 aromatic heterocycles. The van der Waals surface area contributed by atoms with Crippen molar-refractivity contribution in [3.8, 4) is 5.69 Å². The molecule has 0 radical (unpaired) electrons. The van der Waals surface area contributed by atoms with Crippen LogP contribution in [0.2, 0.25) is 0 Å². The van der Waals surface area contributed by atoms with E-state index in [1.165, 1.54) is 17.1 Å². The van der Waals surface area contributed by atoms with Crippen molar-refractivity contribution in [2.45, 2.75) is 19.3 Å². The van der Waals surface area contributed by atoms with E-state index in [-0.39, 0.29) is 29.4 Å². The van der Waals surface area contributed by atoms with Gasteiger partial charge in [0, 0.05) is 18.7 Å². The van der Waals surface area contributed by atoms with Gasteiger partial charge in [0.05, 0.1) is 0 Å². The van der Waals surface area contributed by atoms with Crippen molar-refractivity contribution < 1.29 is 9.18 Å². The molecule has 0 saturated carbocycles. The van der Waals surface area contributed by atoms with Crippen LogP contribution >= 0.6 is 12.4 Å². The van der Waals surface area contributed by atoms with E-state index in [9.17, 15) is 9.18 Å². The molecule has 1 N–H and O–H groups in total. The molecule has 0 aliphatic carbocycles. The first kappa shape index (κ1) is 16.8. The van der Waals surface area contributed by atoms with Gasteiger partial charge in [-0.2, -0.15) is 4.68 Å². The number of halogens is 2. The van der Waals surface area contributed by atoms with Gasteiger partial charge in [-0.1, -0.05) is 0 Å². The average molecular weight is 353 g/mol. The number of nitrogens with zero attached hydrogens (tertiary/aromatic N) is 5. The number of anilines is 1. The predicted molar refractivity (Wildman–Crippen MR) is 87.9 cm³/mol. The minimum absolute atomic E-state index is 0. The highest BCUT2D eigenvalue weighted by Crippen LogP contribution is 2.41. The summed E-state index contributed by atoms with van der Waals surface area (Å²) in [5.41, 5.74) is 0.898. The van der Waals surface area contributed by atoms with Gasteiger partial charge >= 0.3 is 0 Å². The summed E-state index contributed by atoms with van der Waals surface area (Å²) in [5, 5.41) is 14.0. The Kier molecular flexibility index (Phi) is 4.51. The number of amides is 1. The lowest BCUT2D eigenvalue weighted by molar-refractivity contribution is -0.117. The first-order chi connectivity index (χ1) is 11.2. The Morgan fingerprint density at radius 3 is 2.71 bits per heavy atom. The Hall–Kier alpha value is -2.06. The minimum Gasteiger partial charge on any atom is -0.317 e. The van der Waals surface area contributed by atoms with Gasteiger partial charge in [-0.3, -0.25) is 4.79 Å². The number of nitrogens with one attached hydrogen (secondary N) is 1. The molecule has 0 atom stereocenters. The number of piperidine rings is 1. The van der Waals surface area contributed by atoms with E-state index in [0.29, 0.717) is 18.7 Å². The molecule has 1 amide bonds. The molecule has 9 heteroatoms. The third-order valence-corrected chi connectivity index (χ3v) is 4.82. The maximum atomic E-state index is 14.4. The first-order valence-electron chi connectivity index (χ1n) is 7.71. The fourth-order valence-electron chi connectivity index (χ4n) is 3.54. The normalized spacial score (nSPS) is 19.5. The molecule has 0 unspecified atom stereocenters. The third-order valence-electron chi connectivity index (χ3n) is 4.82. The number of tetrazole rings is 1. The molecule has 3 heterocycles. The lowest BCUT2D eigenvalue weighted by atomic mass is 9.78. The average Bonchev–Trinajstić information content (AvgIpc) is 3.17. The lowest BCUT2D eigenvalue weighted by Gasteiger charge is -2.33. The van der Waals surface area contributed by atoms with Crippen molar-refractivity contribution in [3.63, 3.8) is 0 Å². The summed E-state index contributed by atoms with van der Waals surface area (Å²) in [6, 6.07) is 4.73. The standard InChI is InChI=1S/C15H17FN6O.ClH/c16-12-7-11(1-2-13(12)22-10-18-19-20-22)21-9-15(8-14(21)23)3-5-17-6-4-15;/h1-2,7,10,17H,3-6,8-9H2;1H. The largest absolute Gasteiger partial charge is 0.317 e. The highest BCUT2D eigenvalue weighted by Gasteiger charge is 2.44. The van der Waals surface area contributed by atoms with Crippen molar-refractivity contribution in [1.29, 1.82) is 0 Å². The van der Waals surface area contributed by atoms with Crippen LogP contribution in [0, 0.1) is 11.2 Å². The molecule has 7 nitrogen and oxygen atoms in total. The second-order valence-corrected chi connectivity index (χ2v) is 6.30. The van der Waals surface area contributed by atoms with Crippen LogP contribution in [-0.4, -0.2) is 45.7 Å². The van der Waals surface area contributed by atoms with Crippen LogP contribution in [0.15, 0.2) is 24.5 Å². The lowest BCUT2D eigenvalue weighted by Crippen LogP contribution is -2.38. The van der Waals surface area contributed by atoms with Crippen molar-refractivity contribution in [3.05, 3.63) is 30.3 Å². The van der Waals surface area contributed by atoms with Crippen LogP contribution in [0.4, 0.5) is 10.1 Å². The van der Waals surface area contributed by atoms with Crippen LogP contribution in [0.1, 0.15) is 19.3 Å². The Labute approximate surface area is 144 Å². The van der Waals surface area contributed by atoms with E-state index < -0.39 is 5.82 Å². The fraction of sp³-hybridized carbons (Fsp3) is 0.467. The molecule has 1 spiro atoms. The summed E-state index contributed by atoms with van der Waals surface area (Å²) in [6.07, 6.45) is 3.86. The van der Waals surface area contributed by atoms with Gasteiger partial charge in [-0.15, -0.1) is 17.5 Å². The van der Waals surface area contributed by atoms with Crippen molar-refractivity contribution in [2.24, 2.45) is 5.41 Å². The van der Waals surface area contributed by atoms with Gasteiger partial charge < -0.3 is 10.2 Å². The molecule has 24 heavy (non-hydrogen) atoms. The predicted octanol–water partition coefficient (Wildman–Crippen LogP) is 1.33. The smallest absolute Gasteiger partial charge is 0.227 e. The van der Waals surface area contributed by atoms with Crippen LogP contribution in [0.5, 0.6) is 0 Å². The van der Waals surface area contributed by atoms with Gasteiger partial charge in [0.1, 0.15) is 12.0 Å². The maximum absolute atomic E-state index is 14.4. The number of carbonyl (C=O) groups excluding carboxylic acids is 1. The number of carbonyl (C=O) groups is 1. The van der Waals surface area contributed by atoms with Gasteiger partial charge in [0.25, 0.3) is 0 Å². The Balaban J connectivity index is 0.00000169. The van der Waals surface area contributed by atoms with Gasteiger partial charge in [-0.25, -0.2) is 4.39 Å². The second kappa shape index (κ2) is 6.45. The molecular weight excluding hydrogens is 335 g/mol. The minimum atomic E-state index is -0.450. The van der Waals surface area contributed by atoms with Crippen molar-refractivity contribution >= 4 is 24.0 Å². The van der Waals surface area contributed by atoms with Gasteiger partial charge in [-0.05, 0) is 60.0 Å². The van der Waals surface area contributed by atoms with Crippen LogP contribution in [-0.2, 0) is 4.79 Å². The van der Waals surface area contributed by atoms with E-state index in [1.807, 2.05) is 0 Å². The number of hydrogen-bond acceptors (Lipinski definition) is 5. The molecule has 2 saturated heterocycles. The Morgan fingerprint density at radius 1 is 1.25 bits per heavy atom. The van der Waals surface area contributed by atoms with Gasteiger partial charge in [0.2, 0.25) is 5.91 Å². The molecule has 0 bridgehead atoms. The zero-order chi connectivity index (χ0) is 15.9. The SMILES string of the molecule is Cl.O=C1CC2(CCNCC2)CN1c1ccc(-n2cnnn2)c(F)c1. The quantitative estimate of drug-likeness (QED) is 0.882. The summed E-state index contributed by atoms with van der Waals surface area (Å²) in [7, 11) is 0. The van der Waals surface area contributed by atoms with E-state index >= 15 is 0 Å². The molecular formula is C15H18ClFN6O.